The Morgan fingerprint density at radius 1 is 1.06 bits per heavy atom. The van der Waals surface area contributed by atoms with Gasteiger partial charge in [-0.15, -0.1) is 0 Å². The first-order chi connectivity index (χ1) is 16.5. The number of ether oxygens (including phenoxy) is 2. The van der Waals surface area contributed by atoms with Crippen molar-refractivity contribution in [1.82, 2.24) is 9.88 Å². The average Bonchev–Trinajstić information content (AvgIpc) is 2.87. The van der Waals surface area contributed by atoms with Crippen molar-refractivity contribution in [3.8, 4) is 11.5 Å². The molecule has 1 saturated heterocycles. The second-order valence-corrected chi connectivity index (χ2v) is 8.87. The molecule has 2 aliphatic heterocycles. The zero-order valence-corrected chi connectivity index (χ0v) is 19.6. The van der Waals surface area contributed by atoms with E-state index in [1.165, 1.54) is 5.56 Å². The molecule has 3 heterocycles. The number of benzene rings is 2. The summed E-state index contributed by atoms with van der Waals surface area (Å²) in [6, 6.07) is 13.2. The van der Waals surface area contributed by atoms with Crippen molar-refractivity contribution in [3.05, 3.63) is 82.7 Å². The summed E-state index contributed by atoms with van der Waals surface area (Å²) in [6.07, 6.45) is 4.18. The van der Waals surface area contributed by atoms with Gasteiger partial charge in [-0.05, 0) is 62.0 Å². The molecule has 0 bridgehead atoms. The molecule has 0 radical (unpaired) electrons. The molecule has 5 rings (SSSR count). The van der Waals surface area contributed by atoms with Crippen LogP contribution in [0.25, 0.3) is 0 Å². The first-order valence-corrected chi connectivity index (χ1v) is 11.4. The van der Waals surface area contributed by atoms with Crippen molar-refractivity contribution in [1.29, 1.82) is 0 Å². The lowest BCUT2D eigenvalue weighted by Crippen LogP contribution is -2.42. The number of aromatic nitrogens is 1. The molecule has 1 aromatic heterocycles. The van der Waals surface area contributed by atoms with Crippen molar-refractivity contribution in [2.75, 3.05) is 40.1 Å². The molecule has 7 nitrogen and oxygen atoms in total. The Hall–Kier alpha value is -3.71. The first kappa shape index (κ1) is 22.1. The molecule has 0 aliphatic carbocycles. The number of piperidine rings is 1. The van der Waals surface area contributed by atoms with Crippen molar-refractivity contribution in [3.63, 3.8) is 0 Å². The van der Waals surface area contributed by atoms with E-state index in [2.05, 4.69) is 23.0 Å². The van der Waals surface area contributed by atoms with E-state index in [0.29, 0.717) is 28.3 Å². The summed E-state index contributed by atoms with van der Waals surface area (Å²) in [7, 11) is 5.43. The number of nitrogens with zero attached hydrogens (tertiary/aromatic N) is 3. The van der Waals surface area contributed by atoms with Gasteiger partial charge in [0.05, 0.1) is 26.0 Å². The molecule has 0 saturated carbocycles. The van der Waals surface area contributed by atoms with E-state index in [1.807, 2.05) is 18.2 Å². The summed E-state index contributed by atoms with van der Waals surface area (Å²) in [5.74, 6) is 1.52. The minimum Gasteiger partial charge on any atom is -0.493 e. The number of carbonyl (C=O) groups is 1. The van der Waals surface area contributed by atoms with Crippen molar-refractivity contribution < 1.29 is 14.3 Å². The molecule has 34 heavy (non-hydrogen) atoms. The maximum Gasteiger partial charge on any atom is 0.194 e. The number of anilines is 1. The van der Waals surface area contributed by atoms with Crippen LogP contribution in [0, 0.1) is 0 Å². The topological polar surface area (TPSA) is 90.0 Å². The number of ketones is 1. The van der Waals surface area contributed by atoms with E-state index >= 15 is 0 Å². The molecule has 0 spiro atoms. The molecule has 3 aromatic rings. The predicted octanol–water partition coefficient (Wildman–Crippen LogP) is 3.55. The van der Waals surface area contributed by atoms with Crippen molar-refractivity contribution in [2.45, 2.75) is 18.4 Å². The average molecular weight is 457 g/mol. The first-order valence-electron chi connectivity index (χ1n) is 11.4. The van der Waals surface area contributed by atoms with Gasteiger partial charge in [-0.25, -0.2) is 0 Å². The Balaban J connectivity index is 1.60. The number of nitrogens with two attached hydrogens (primary N) is 1. The molecular formula is C27H28N4O3. The van der Waals surface area contributed by atoms with E-state index < -0.39 is 0 Å². The Morgan fingerprint density at radius 2 is 1.85 bits per heavy atom. The highest BCUT2D eigenvalue weighted by Crippen LogP contribution is 2.42. The highest BCUT2D eigenvalue weighted by molar-refractivity contribution is 6.18. The van der Waals surface area contributed by atoms with Gasteiger partial charge in [-0.2, -0.15) is 0 Å². The van der Waals surface area contributed by atoms with Crippen molar-refractivity contribution in [2.24, 2.45) is 4.99 Å². The van der Waals surface area contributed by atoms with Crippen LogP contribution in [0.3, 0.4) is 0 Å². The summed E-state index contributed by atoms with van der Waals surface area (Å²) in [5, 5.41) is 0. The molecule has 0 amide bonds. The summed E-state index contributed by atoms with van der Waals surface area (Å²) in [5.41, 5.74) is 11.9. The van der Waals surface area contributed by atoms with Gasteiger partial charge in [0.15, 0.2) is 17.3 Å². The number of aliphatic imine (C=N–C) groups is 1. The zero-order chi connectivity index (χ0) is 23.8. The molecule has 2 aromatic carbocycles. The maximum atomic E-state index is 12.9. The van der Waals surface area contributed by atoms with Gasteiger partial charge in [0.25, 0.3) is 0 Å². The largest absolute Gasteiger partial charge is 0.493 e. The number of likely N-dealkylation sites (tertiary alicyclic amines) is 1. The van der Waals surface area contributed by atoms with Gasteiger partial charge < -0.3 is 20.1 Å². The summed E-state index contributed by atoms with van der Waals surface area (Å²) >= 11 is 0. The van der Waals surface area contributed by atoms with Crippen LogP contribution >= 0.6 is 0 Å². The molecule has 0 unspecified atom stereocenters. The monoisotopic (exact) mass is 456 g/mol. The molecule has 174 valence electrons. The van der Waals surface area contributed by atoms with Gasteiger partial charge in [0.1, 0.15) is 0 Å². The minimum atomic E-state index is -0.112. The third-order valence-corrected chi connectivity index (χ3v) is 6.78. The third kappa shape index (κ3) is 3.82. The number of hydrogen-bond acceptors (Lipinski definition) is 7. The number of likely N-dealkylation sites (N-methyl/N-ethyl adjacent to an activating group) is 1. The Morgan fingerprint density at radius 3 is 2.56 bits per heavy atom. The van der Waals surface area contributed by atoms with E-state index in [0.717, 1.165) is 36.3 Å². The van der Waals surface area contributed by atoms with Gasteiger partial charge in [0, 0.05) is 52.8 Å². The SMILES string of the molecule is COc1cc2c(cc1OC)[C@H]1CN(C)CC[C@H]1N=C2c1ccc(C(=O)c2cccnc2)cc1N. The number of carbonyl (C=O) groups excluding carboxylic acids is 1. The van der Waals surface area contributed by atoms with Gasteiger partial charge in [-0.3, -0.25) is 14.8 Å². The maximum absolute atomic E-state index is 12.9. The highest BCUT2D eigenvalue weighted by Gasteiger charge is 2.36. The molecule has 1 fully saturated rings. The highest BCUT2D eigenvalue weighted by atomic mass is 16.5. The van der Waals surface area contributed by atoms with Crippen LogP contribution in [0.1, 0.15) is 45.0 Å². The van der Waals surface area contributed by atoms with Crippen LogP contribution in [0.2, 0.25) is 0 Å². The third-order valence-electron chi connectivity index (χ3n) is 6.78. The number of rotatable bonds is 5. The van der Waals surface area contributed by atoms with Crippen molar-refractivity contribution >= 4 is 17.2 Å². The Kier molecular flexibility index (Phi) is 5.79. The fraction of sp³-hybridized carbons (Fsp3) is 0.296. The zero-order valence-electron chi connectivity index (χ0n) is 19.6. The number of pyridine rings is 1. The van der Waals surface area contributed by atoms with Gasteiger partial charge in [0.2, 0.25) is 0 Å². The predicted molar refractivity (Wildman–Crippen MR) is 132 cm³/mol. The fourth-order valence-electron chi connectivity index (χ4n) is 5.00. The van der Waals surface area contributed by atoms with E-state index in [-0.39, 0.29) is 17.7 Å². The van der Waals surface area contributed by atoms with Crippen LogP contribution in [0.15, 0.2) is 59.9 Å². The van der Waals surface area contributed by atoms with Crippen LogP contribution < -0.4 is 15.2 Å². The number of nitrogen functional groups attached to an aromatic ring is 1. The normalized spacial score (nSPS) is 19.6. The van der Waals surface area contributed by atoms with Crippen LogP contribution in [0.4, 0.5) is 5.69 Å². The number of fused-ring (bicyclic) bond motifs is 3. The molecule has 7 heteroatoms. The Bertz CT molecular complexity index is 1270. The standard InChI is InChI=1S/C27H28N4O3/c1-31-10-8-23-21(15-31)19-12-24(33-2)25(34-3)13-20(19)26(30-23)18-7-6-16(11-22(18)28)27(32)17-5-4-9-29-14-17/h4-7,9,11-14,21,23H,8,10,15,28H2,1-3H3/t21-,23-/m1/s1. The summed E-state index contributed by atoms with van der Waals surface area (Å²) < 4.78 is 11.2. The van der Waals surface area contributed by atoms with E-state index in [1.54, 1.807) is 44.8 Å². The molecular weight excluding hydrogens is 428 g/mol. The van der Waals surface area contributed by atoms with Gasteiger partial charge in [-0.1, -0.05) is 6.07 Å². The molecule has 2 N–H and O–H groups in total. The second-order valence-electron chi connectivity index (χ2n) is 8.87. The second kappa shape index (κ2) is 8.91. The summed E-state index contributed by atoms with van der Waals surface area (Å²) in [4.78, 5) is 24.5. The van der Waals surface area contributed by atoms with Crippen LogP contribution in [0.5, 0.6) is 11.5 Å². The van der Waals surface area contributed by atoms with Gasteiger partial charge >= 0.3 is 0 Å². The smallest absolute Gasteiger partial charge is 0.194 e. The molecule has 2 atom stereocenters. The lowest BCUT2D eigenvalue weighted by molar-refractivity contribution is 0.103. The summed E-state index contributed by atoms with van der Waals surface area (Å²) in [6.45, 7) is 1.92. The lowest BCUT2D eigenvalue weighted by atomic mass is 9.78. The van der Waals surface area contributed by atoms with E-state index in [4.69, 9.17) is 20.2 Å². The minimum absolute atomic E-state index is 0.112. The van der Waals surface area contributed by atoms with Crippen LogP contribution in [-0.2, 0) is 0 Å². The quantitative estimate of drug-likeness (QED) is 0.467. The number of hydrogen-bond donors (Lipinski definition) is 1. The number of methoxy groups -OCH3 is 2. The lowest BCUT2D eigenvalue weighted by Gasteiger charge is -2.39. The molecule has 2 aliphatic rings. The van der Waals surface area contributed by atoms with E-state index in [9.17, 15) is 4.79 Å². The fourth-order valence-corrected chi connectivity index (χ4v) is 5.00. The Labute approximate surface area is 199 Å². The van der Waals surface area contributed by atoms with Crippen LogP contribution in [-0.4, -0.2) is 61.8 Å².